The lowest BCUT2D eigenvalue weighted by atomic mass is 10.1. The Labute approximate surface area is 148 Å². The van der Waals surface area contributed by atoms with Gasteiger partial charge in [-0.05, 0) is 34.5 Å². The van der Waals surface area contributed by atoms with Crippen LogP contribution in [-0.4, -0.2) is 19.7 Å². The van der Waals surface area contributed by atoms with Crippen LogP contribution < -0.4 is 9.47 Å². The van der Waals surface area contributed by atoms with E-state index in [4.69, 9.17) is 9.47 Å². The fourth-order valence-corrected chi connectivity index (χ4v) is 2.63. The second kappa shape index (κ2) is 7.82. The maximum absolute atomic E-state index is 12.4. The fraction of sp³-hybridized carbons (Fsp3) is 0.150. The van der Waals surface area contributed by atoms with Crippen molar-refractivity contribution in [2.24, 2.45) is 0 Å². The van der Waals surface area contributed by atoms with Gasteiger partial charge in [-0.2, -0.15) is 8.78 Å². The van der Waals surface area contributed by atoms with Crippen LogP contribution in [0.3, 0.4) is 0 Å². The average molecular weight is 358 g/mol. The standard InChI is InChI=1S/C20H16F2O4/c1-24-18-11-14(9-10-17(18)26-20(21)22)19(23)25-12-15-7-4-6-13-5-2-3-8-16(13)15/h2-11,20H,12H2,1H3. The number of ether oxygens (including phenoxy) is 3. The van der Waals surface area contributed by atoms with Gasteiger partial charge in [-0.15, -0.1) is 0 Å². The van der Waals surface area contributed by atoms with Crippen LogP contribution in [-0.2, 0) is 11.3 Å². The van der Waals surface area contributed by atoms with Gasteiger partial charge in [0.05, 0.1) is 12.7 Å². The highest BCUT2D eigenvalue weighted by molar-refractivity contribution is 5.91. The number of carbonyl (C=O) groups is 1. The summed E-state index contributed by atoms with van der Waals surface area (Å²) >= 11 is 0. The Hall–Kier alpha value is -3.15. The smallest absolute Gasteiger partial charge is 0.387 e. The van der Waals surface area contributed by atoms with Crippen LogP contribution in [0.5, 0.6) is 11.5 Å². The summed E-state index contributed by atoms with van der Waals surface area (Å²) in [6.07, 6.45) is 0. The van der Waals surface area contributed by atoms with Crippen molar-refractivity contribution in [1.82, 2.24) is 0 Å². The lowest BCUT2D eigenvalue weighted by Gasteiger charge is -2.12. The van der Waals surface area contributed by atoms with E-state index in [2.05, 4.69) is 4.74 Å². The minimum atomic E-state index is -2.98. The van der Waals surface area contributed by atoms with Gasteiger partial charge >= 0.3 is 12.6 Å². The third-order valence-electron chi connectivity index (χ3n) is 3.85. The third kappa shape index (κ3) is 3.91. The first-order chi connectivity index (χ1) is 12.6. The fourth-order valence-electron chi connectivity index (χ4n) is 2.63. The number of hydrogen-bond donors (Lipinski definition) is 0. The first kappa shape index (κ1) is 17.7. The predicted molar refractivity (Wildman–Crippen MR) is 92.7 cm³/mol. The summed E-state index contributed by atoms with van der Waals surface area (Å²) in [5.74, 6) is -0.696. The van der Waals surface area contributed by atoms with Crippen LogP contribution in [0.1, 0.15) is 15.9 Å². The number of esters is 1. The number of benzene rings is 3. The molecule has 4 nitrogen and oxygen atoms in total. The van der Waals surface area contributed by atoms with Gasteiger partial charge in [0.1, 0.15) is 6.61 Å². The van der Waals surface area contributed by atoms with Crippen LogP contribution in [0.2, 0.25) is 0 Å². The van der Waals surface area contributed by atoms with Crippen LogP contribution >= 0.6 is 0 Å². The number of alkyl halides is 2. The van der Waals surface area contributed by atoms with Crippen molar-refractivity contribution in [2.75, 3.05) is 7.11 Å². The number of carbonyl (C=O) groups excluding carboxylic acids is 1. The summed E-state index contributed by atoms with van der Waals surface area (Å²) in [5.41, 5.74) is 1.06. The molecule has 0 fully saturated rings. The summed E-state index contributed by atoms with van der Waals surface area (Å²) in [6, 6.07) is 17.5. The molecule has 0 saturated carbocycles. The molecular formula is C20H16F2O4. The van der Waals surface area contributed by atoms with E-state index in [1.165, 1.54) is 25.3 Å². The monoisotopic (exact) mass is 358 g/mol. The highest BCUT2D eigenvalue weighted by Crippen LogP contribution is 2.30. The molecule has 0 unspecified atom stereocenters. The van der Waals surface area contributed by atoms with E-state index in [1.807, 2.05) is 42.5 Å². The van der Waals surface area contributed by atoms with E-state index >= 15 is 0 Å². The van der Waals surface area contributed by atoms with Gasteiger partial charge in [-0.25, -0.2) is 4.79 Å². The van der Waals surface area contributed by atoms with Gasteiger partial charge in [-0.3, -0.25) is 0 Å². The Morgan fingerprint density at radius 2 is 1.77 bits per heavy atom. The molecule has 0 radical (unpaired) electrons. The minimum Gasteiger partial charge on any atom is -0.493 e. The molecule has 0 aliphatic heterocycles. The van der Waals surface area contributed by atoms with Crippen LogP contribution in [0.4, 0.5) is 8.78 Å². The first-order valence-corrected chi connectivity index (χ1v) is 7.85. The molecule has 3 aromatic carbocycles. The molecule has 134 valence electrons. The SMILES string of the molecule is COc1cc(C(=O)OCc2cccc3ccccc23)ccc1OC(F)F. The largest absolute Gasteiger partial charge is 0.493 e. The zero-order chi connectivity index (χ0) is 18.5. The maximum atomic E-state index is 12.4. The highest BCUT2D eigenvalue weighted by Gasteiger charge is 2.15. The Balaban J connectivity index is 1.75. The summed E-state index contributed by atoms with van der Waals surface area (Å²) in [4.78, 5) is 12.3. The molecule has 0 spiro atoms. The van der Waals surface area contributed by atoms with Gasteiger partial charge < -0.3 is 14.2 Å². The van der Waals surface area contributed by atoms with E-state index in [-0.39, 0.29) is 23.7 Å². The zero-order valence-corrected chi connectivity index (χ0v) is 13.9. The highest BCUT2D eigenvalue weighted by atomic mass is 19.3. The molecule has 0 aliphatic carbocycles. The molecule has 0 saturated heterocycles. The second-order valence-electron chi connectivity index (χ2n) is 5.46. The van der Waals surface area contributed by atoms with Gasteiger partial charge in [-0.1, -0.05) is 42.5 Å². The molecule has 26 heavy (non-hydrogen) atoms. The van der Waals surface area contributed by atoms with Gasteiger partial charge in [0.15, 0.2) is 11.5 Å². The number of fused-ring (bicyclic) bond motifs is 1. The summed E-state index contributed by atoms with van der Waals surface area (Å²) in [6.45, 7) is -2.88. The zero-order valence-electron chi connectivity index (χ0n) is 13.9. The molecule has 3 aromatic rings. The minimum absolute atomic E-state index is 0.0323. The lowest BCUT2D eigenvalue weighted by Crippen LogP contribution is -2.08. The molecule has 6 heteroatoms. The van der Waals surface area contributed by atoms with E-state index < -0.39 is 12.6 Å². The van der Waals surface area contributed by atoms with Crippen LogP contribution in [0, 0.1) is 0 Å². The number of rotatable bonds is 6. The third-order valence-corrected chi connectivity index (χ3v) is 3.85. The molecule has 3 rings (SSSR count). The molecule has 0 aromatic heterocycles. The quantitative estimate of drug-likeness (QED) is 0.594. The first-order valence-electron chi connectivity index (χ1n) is 7.85. The van der Waals surface area contributed by atoms with Crippen molar-refractivity contribution in [3.05, 3.63) is 71.8 Å². The molecule has 0 bridgehead atoms. The van der Waals surface area contributed by atoms with E-state index in [0.29, 0.717) is 0 Å². The summed E-state index contributed by atoms with van der Waals surface area (Å²) in [5, 5.41) is 2.05. The topological polar surface area (TPSA) is 44.8 Å². The van der Waals surface area contributed by atoms with E-state index in [0.717, 1.165) is 16.3 Å². The van der Waals surface area contributed by atoms with Gasteiger partial charge in [0.25, 0.3) is 0 Å². The van der Waals surface area contributed by atoms with Crippen molar-refractivity contribution >= 4 is 16.7 Å². The molecular weight excluding hydrogens is 342 g/mol. The Morgan fingerprint density at radius 1 is 1.00 bits per heavy atom. The van der Waals surface area contributed by atoms with Crippen molar-refractivity contribution in [3.63, 3.8) is 0 Å². The van der Waals surface area contributed by atoms with Crippen LogP contribution in [0.25, 0.3) is 10.8 Å². The summed E-state index contributed by atoms with van der Waals surface area (Å²) in [7, 11) is 1.30. The normalized spacial score (nSPS) is 10.8. The number of hydrogen-bond acceptors (Lipinski definition) is 4. The molecule has 0 atom stereocenters. The van der Waals surface area contributed by atoms with Crippen LogP contribution in [0.15, 0.2) is 60.7 Å². The van der Waals surface area contributed by atoms with Gasteiger partial charge in [0, 0.05) is 0 Å². The predicted octanol–water partition coefficient (Wildman–Crippen LogP) is 4.81. The Bertz CT molecular complexity index is 919. The number of methoxy groups -OCH3 is 1. The molecule has 0 N–H and O–H groups in total. The lowest BCUT2D eigenvalue weighted by molar-refractivity contribution is -0.0512. The molecule has 0 amide bonds. The second-order valence-corrected chi connectivity index (χ2v) is 5.46. The van der Waals surface area contributed by atoms with Crippen molar-refractivity contribution in [2.45, 2.75) is 13.2 Å². The molecule has 0 heterocycles. The Kier molecular flexibility index (Phi) is 5.31. The van der Waals surface area contributed by atoms with E-state index in [1.54, 1.807) is 0 Å². The van der Waals surface area contributed by atoms with Crippen molar-refractivity contribution in [3.8, 4) is 11.5 Å². The maximum Gasteiger partial charge on any atom is 0.387 e. The average Bonchev–Trinajstić information content (AvgIpc) is 2.66. The Morgan fingerprint density at radius 3 is 2.54 bits per heavy atom. The molecule has 0 aliphatic rings. The summed E-state index contributed by atoms with van der Waals surface area (Å²) < 4.78 is 39.4. The van der Waals surface area contributed by atoms with Crippen molar-refractivity contribution in [1.29, 1.82) is 0 Å². The van der Waals surface area contributed by atoms with Gasteiger partial charge in [0.2, 0.25) is 0 Å². The van der Waals surface area contributed by atoms with E-state index in [9.17, 15) is 13.6 Å². The number of halogens is 2. The van der Waals surface area contributed by atoms with Crippen molar-refractivity contribution < 1.29 is 27.8 Å².